The molecule has 556 valence electrons. The van der Waals surface area contributed by atoms with Gasteiger partial charge in [0.15, 0.2) is 34.7 Å². The van der Waals surface area contributed by atoms with Gasteiger partial charge in [0.2, 0.25) is 0 Å². The SMILES string of the molecule is CC(=O)c1ccc2c3ccc4c5c(ccc(c6ccc(C(C)=O)c1c26)c53)C(=O)N(CCc1ccc(Oc2cc(C(C)=O)c3c(C(C)=O)ccc5c6c(Oc7ccc(CCN8C(=O)c9ccc%10c%11ccc(C(C)=O)c%12c(C(C)=O)ccc(c%13ccc(c9c%10%13)C8=O)c%12%11)cc7)cc7c8c(ccc(c2c35)c86)C(=O)N(CCCO)C7=O)cc1)C4=O. The van der Waals surface area contributed by atoms with Gasteiger partial charge in [0, 0.05) is 141 Å². The standard InChI is InChI=1S/C97H63N3O15/c1-44(102)54-16-21-59-63-25-31-69-85-70(32-26-64(83(63)85)60-22-17-55(45(2)103)78(54)81(59)60)94(110)99(93(69)109)39-36-50-8-12-52(13-9-50)114-76-42-74(49(6)107)80-58(48(5)106)20-29-67-89-77(43-75-87-73(92(108)98(97(75)113)38-7-41-101)35-30-68(91(87)89)88(76)90(67)80)115-53-14-10-51(11-15-53)37-40-100-95(111)71-33-27-65-61-23-18-56(46(3)104)79-57(47(4)105)19-24-62(82(61)79)66-28-34-72(96(100)112)86(71)84(65)66/h8-35,42-43,101H,7,36-41H2,1-6H3. The molecule has 17 aromatic rings. The second kappa shape index (κ2) is 25.3. The molecule has 115 heavy (non-hydrogen) atoms. The highest BCUT2D eigenvalue weighted by atomic mass is 16.5. The molecule has 0 unspecified atom stereocenters. The number of aliphatic hydroxyl groups excluding tert-OH is 1. The summed E-state index contributed by atoms with van der Waals surface area (Å²) in [6.45, 7) is 8.41. The lowest BCUT2D eigenvalue weighted by molar-refractivity contribution is 0.0588. The Kier molecular flexibility index (Phi) is 15.4. The fourth-order valence-corrected chi connectivity index (χ4v) is 18.9. The Balaban J connectivity index is 0.627. The lowest BCUT2D eigenvalue weighted by Gasteiger charge is -2.29. The van der Waals surface area contributed by atoms with E-state index in [-0.39, 0.29) is 114 Å². The van der Waals surface area contributed by atoms with Crippen molar-refractivity contribution < 1.29 is 72.1 Å². The molecule has 0 bridgehead atoms. The highest BCUT2D eigenvalue weighted by molar-refractivity contribution is 6.45. The van der Waals surface area contributed by atoms with E-state index < -0.39 is 35.4 Å². The molecule has 3 aliphatic heterocycles. The highest BCUT2D eigenvalue weighted by Crippen LogP contribution is 2.54. The largest absolute Gasteiger partial charge is 0.457 e. The van der Waals surface area contributed by atoms with Crippen molar-refractivity contribution in [2.24, 2.45) is 0 Å². The summed E-state index contributed by atoms with van der Waals surface area (Å²) < 4.78 is 13.9. The number of amides is 6. The predicted molar refractivity (Wildman–Crippen MR) is 441 cm³/mol. The summed E-state index contributed by atoms with van der Waals surface area (Å²) in [6, 6.07) is 53.1. The van der Waals surface area contributed by atoms with Crippen LogP contribution in [0.15, 0.2) is 182 Å². The molecule has 0 fully saturated rings. The summed E-state index contributed by atoms with van der Waals surface area (Å²) in [4.78, 5) is 172. The van der Waals surface area contributed by atoms with Crippen LogP contribution in [0.3, 0.4) is 0 Å². The number of aliphatic hydroxyl groups is 1. The minimum Gasteiger partial charge on any atom is -0.457 e. The van der Waals surface area contributed by atoms with Crippen LogP contribution in [0.4, 0.5) is 0 Å². The lowest BCUT2D eigenvalue weighted by atomic mass is 9.81. The van der Waals surface area contributed by atoms with E-state index in [0.29, 0.717) is 121 Å². The number of rotatable bonds is 19. The molecule has 18 heteroatoms. The number of fused-ring (bicyclic) bond motifs is 6. The monoisotopic (exact) mass is 1510 g/mol. The van der Waals surface area contributed by atoms with Crippen LogP contribution in [0, 0.1) is 0 Å². The molecule has 20 rings (SSSR count). The van der Waals surface area contributed by atoms with E-state index in [0.717, 1.165) is 80.7 Å². The lowest BCUT2D eigenvalue weighted by Crippen LogP contribution is -2.41. The zero-order chi connectivity index (χ0) is 79.5. The zero-order valence-electron chi connectivity index (χ0n) is 62.8. The maximum absolute atomic E-state index is 15.0. The van der Waals surface area contributed by atoms with E-state index in [4.69, 9.17) is 9.47 Å². The molecule has 6 amide bonds. The minimum atomic E-state index is -0.621. The van der Waals surface area contributed by atoms with Crippen LogP contribution in [0.1, 0.15) is 183 Å². The molecule has 0 saturated heterocycles. The van der Waals surface area contributed by atoms with Gasteiger partial charge >= 0.3 is 0 Å². The van der Waals surface area contributed by atoms with Crippen molar-refractivity contribution in [1.29, 1.82) is 0 Å². The fourth-order valence-electron chi connectivity index (χ4n) is 18.9. The van der Waals surface area contributed by atoms with Gasteiger partial charge in [0.05, 0.1) is 5.56 Å². The maximum Gasteiger partial charge on any atom is 0.261 e. The molecular weight excluding hydrogens is 1450 g/mol. The molecule has 1 N–H and O–H groups in total. The third-order valence-electron chi connectivity index (χ3n) is 24.1. The molecule has 0 atom stereocenters. The first-order valence-electron chi connectivity index (χ1n) is 38.0. The Morgan fingerprint density at radius 3 is 0.852 bits per heavy atom. The van der Waals surface area contributed by atoms with Gasteiger partial charge in [-0.2, -0.15) is 0 Å². The summed E-state index contributed by atoms with van der Waals surface area (Å²) in [6.07, 6.45) is 0.624. The molecule has 0 aliphatic carbocycles. The molecule has 0 aromatic heterocycles. The maximum atomic E-state index is 15.0. The van der Waals surface area contributed by atoms with Crippen LogP contribution in [0.2, 0.25) is 0 Å². The van der Waals surface area contributed by atoms with Crippen molar-refractivity contribution in [1.82, 2.24) is 14.7 Å². The number of hydrogen-bond donors (Lipinski definition) is 1. The Morgan fingerprint density at radius 2 is 0.522 bits per heavy atom. The highest BCUT2D eigenvalue weighted by Gasteiger charge is 2.40. The Morgan fingerprint density at radius 1 is 0.261 bits per heavy atom. The first kappa shape index (κ1) is 69.8. The average Bonchev–Trinajstić information content (AvgIpc) is 0.680. The van der Waals surface area contributed by atoms with Crippen LogP contribution >= 0.6 is 0 Å². The van der Waals surface area contributed by atoms with Gasteiger partial charge in [0.25, 0.3) is 35.4 Å². The third kappa shape index (κ3) is 9.91. The first-order chi connectivity index (χ1) is 55.5. The van der Waals surface area contributed by atoms with Crippen LogP contribution in [0.25, 0.3) is 129 Å². The quantitative estimate of drug-likeness (QED) is 0.0342. The summed E-state index contributed by atoms with van der Waals surface area (Å²) in [7, 11) is 0. The Hall–Kier alpha value is -14.4. The van der Waals surface area contributed by atoms with Crippen LogP contribution in [-0.4, -0.2) is 116 Å². The van der Waals surface area contributed by atoms with Gasteiger partial charge in [-0.1, -0.05) is 115 Å². The van der Waals surface area contributed by atoms with Crippen molar-refractivity contribution in [3.05, 3.63) is 260 Å². The molecule has 0 radical (unpaired) electrons. The van der Waals surface area contributed by atoms with E-state index in [1.807, 2.05) is 72.8 Å². The summed E-state index contributed by atoms with van der Waals surface area (Å²) in [5.74, 6) is -3.38. The molecular formula is C97H63N3O15. The predicted octanol–water partition coefficient (Wildman–Crippen LogP) is 19.3. The number of nitrogens with zero attached hydrogens (tertiary/aromatic N) is 3. The smallest absolute Gasteiger partial charge is 0.261 e. The van der Waals surface area contributed by atoms with Crippen molar-refractivity contribution in [2.75, 3.05) is 26.2 Å². The topological polar surface area (TPSA) is 253 Å². The van der Waals surface area contributed by atoms with Gasteiger partial charge < -0.3 is 14.6 Å². The number of carbonyl (C=O) groups is 12. The van der Waals surface area contributed by atoms with E-state index in [2.05, 4.69) is 0 Å². The van der Waals surface area contributed by atoms with Crippen molar-refractivity contribution >= 4 is 199 Å². The number of hydrogen-bond acceptors (Lipinski definition) is 15. The zero-order valence-corrected chi connectivity index (χ0v) is 62.8. The van der Waals surface area contributed by atoms with Crippen molar-refractivity contribution in [2.45, 2.75) is 60.8 Å². The fraction of sp³-hybridized carbons (Fsp3) is 0.134. The van der Waals surface area contributed by atoms with Gasteiger partial charge in [0.1, 0.15) is 23.0 Å². The van der Waals surface area contributed by atoms with Crippen LogP contribution in [-0.2, 0) is 12.8 Å². The van der Waals surface area contributed by atoms with Crippen LogP contribution in [0.5, 0.6) is 23.0 Å². The average molecular weight is 1510 g/mol. The minimum absolute atomic E-state index is 0.0200. The molecule has 17 aromatic carbocycles. The number of benzene rings is 17. The third-order valence-corrected chi connectivity index (χ3v) is 24.1. The van der Waals surface area contributed by atoms with E-state index in [1.54, 1.807) is 109 Å². The number of ether oxygens (including phenoxy) is 2. The van der Waals surface area contributed by atoms with Gasteiger partial charge in [-0.25, -0.2) is 0 Å². The van der Waals surface area contributed by atoms with Gasteiger partial charge in [-0.15, -0.1) is 0 Å². The molecule has 18 nitrogen and oxygen atoms in total. The summed E-state index contributed by atoms with van der Waals surface area (Å²) in [5, 5.41) is 25.0. The number of carbonyl (C=O) groups excluding carboxylic acids is 12. The molecule has 0 saturated carbocycles. The summed E-state index contributed by atoms with van der Waals surface area (Å²) >= 11 is 0. The molecule has 3 aliphatic rings. The number of imide groups is 3. The van der Waals surface area contributed by atoms with E-state index in [1.165, 1.54) is 51.3 Å². The second-order valence-electron chi connectivity index (χ2n) is 30.4. The van der Waals surface area contributed by atoms with Crippen molar-refractivity contribution in [3.8, 4) is 23.0 Å². The van der Waals surface area contributed by atoms with E-state index in [9.17, 15) is 57.8 Å². The van der Waals surface area contributed by atoms with Gasteiger partial charge in [-0.3, -0.25) is 72.2 Å². The number of Topliss-reactive ketones (excluding diaryl/α,β-unsaturated/α-hetero) is 6. The second-order valence-corrected chi connectivity index (χ2v) is 30.4. The normalized spacial score (nSPS) is 13.7. The van der Waals surface area contributed by atoms with Crippen LogP contribution < -0.4 is 9.47 Å². The molecule has 3 heterocycles. The van der Waals surface area contributed by atoms with Crippen molar-refractivity contribution in [3.63, 3.8) is 0 Å². The Labute approximate surface area is 652 Å². The summed E-state index contributed by atoms with van der Waals surface area (Å²) in [5.41, 5.74) is 5.48. The first-order valence-corrected chi connectivity index (χ1v) is 38.0. The van der Waals surface area contributed by atoms with Gasteiger partial charge in [-0.05, 0) is 214 Å². The Bertz CT molecular complexity index is 7300. The van der Waals surface area contributed by atoms with E-state index >= 15 is 4.79 Å². The number of ketones is 6. The molecule has 0 spiro atoms.